The molecule has 1 aromatic carbocycles. The van der Waals surface area contributed by atoms with Gasteiger partial charge in [0.1, 0.15) is 16.8 Å². The number of anilines is 1. The van der Waals surface area contributed by atoms with Crippen LogP contribution in [0.1, 0.15) is 264 Å². The van der Waals surface area contributed by atoms with E-state index in [0.29, 0.717) is 66.2 Å². The number of amides is 5. The molecule has 42 heteroatoms. The number of alkyl halides is 3. The molecule has 6 aromatic rings. The summed E-state index contributed by atoms with van der Waals surface area (Å²) >= 11 is 8.50. The number of benzene rings is 1. The Labute approximate surface area is 817 Å². The van der Waals surface area contributed by atoms with Gasteiger partial charge in [-0.15, -0.1) is 5.10 Å². The first-order valence-electron chi connectivity index (χ1n) is 42.7. The van der Waals surface area contributed by atoms with Crippen molar-refractivity contribution in [2.75, 3.05) is 38.0 Å². The molecule has 6 fully saturated rings. The summed E-state index contributed by atoms with van der Waals surface area (Å²) in [6.45, 7) is 22.6. The van der Waals surface area contributed by atoms with Crippen LogP contribution in [0.5, 0.6) is 5.88 Å². The average molecular weight is 1860 g/mol. The van der Waals surface area contributed by atoms with Crippen LogP contribution in [-0.2, 0) is 115 Å². The van der Waals surface area contributed by atoms with Crippen LogP contribution in [0.3, 0.4) is 0 Å². The van der Waals surface area contributed by atoms with Gasteiger partial charge >= 0.3 is 170 Å². The van der Waals surface area contributed by atoms with Crippen LogP contribution in [0.25, 0.3) is 5.57 Å². The summed E-state index contributed by atoms with van der Waals surface area (Å²) in [6.07, 6.45) is 29.3. The van der Waals surface area contributed by atoms with Crippen LogP contribution in [0.2, 0.25) is 5.02 Å². The Balaban J connectivity index is 0.000000156. The average Bonchev–Trinajstić information content (AvgIpc) is 1.55. The Kier molecular flexibility index (Phi) is 36.0. The number of ether oxygens (including phenoxy) is 3. The van der Waals surface area contributed by atoms with E-state index in [1.165, 1.54) is 214 Å². The quantitative estimate of drug-likeness (QED) is 0.0124. The number of hydrogen-bond donors (Lipinski definition) is 9. The van der Waals surface area contributed by atoms with Gasteiger partial charge < -0.3 is 68.8 Å². The third-order valence-corrected chi connectivity index (χ3v) is 26.0. The second kappa shape index (κ2) is 43.5. The number of fused-ring (bicyclic) bond motifs is 8. The fourth-order valence-electron chi connectivity index (χ4n) is 18.7. The molecule has 0 bridgehead atoms. The number of carbonyl (C=O) groups excluding carboxylic acids is 4. The molecule has 8 aliphatic carbocycles. The van der Waals surface area contributed by atoms with E-state index in [4.69, 9.17) is 50.6 Å². The zero-order valence-corrected chi connectivity index (χ0v) is 84.4. The molecule has 9 N–H and O–H groups in total. The van der Waals surface area contributed by atoms with Crippen molar-refractivity contribution >= 4 is 136 Å². The van der Waals surface area contributed by atoms with E-state index >= 15 is 0 Å². The third-order valence-electron chi connectivity index (χ3n) is 24.7. The van der Waals surface area contributed by atoms with E-state index in [0.717, 1.165) is 111 Å². The van der Waals surface area contributed by atoms with Crippen molar-refractivity contribution in [2.45, 2.75) is 289 Å². The predicted octanol–water partition coefficient (Wildman–Crippen LogP) is 9.22. The summed E-state index contributed by atoms with van der Waals surface area (Å²) in [5, 5.41) is 69.9. The number of nitrogens with zero attached hydrogens (tertiary/aromatic N) is 9. The molecule has 5 aliphatic heterocycles. The Bertz CT molecular complexity index is 4940. The number of H-pyrrole nitrogens is 5. The second-order valence-electron chi connectivity index (χ2n) is 36.4. The van der Waals surface area contributed by atoms with Crippen LogP contribution in [0.4, 0.5) is 38.0 Å². The third kappa shape index (κ3) is 25.5. The summed E-state index contributed by atoms with van der Waals surface area (Å²) in [6, 6.07) is 7.19. The van der Waals surface area contributed by atoms with Crippen molar-refractivity contribution in [3.63, 3.8) is 0 Å². The molecule has 13 aliphatic rings. The topological polar surface area (TPSA) is 433 Å². The van der Waals surface area contributed by atoms with Crippen LogP contribution in [-0.4, -0.2) is 239 Å². The molecule has 32 nitrogen and oxygen atoms in total. The van der Waals surface area contributed by atoms with Gasteiger partial charge in [-0.3, -0.25) is 25.5 Å². The van der Waals surface area contributed by atoms with Gasteiger partial charge in [0.05, 0.1) is 54.5 Å². The van der Waals surface area contributed by atoms with E-state index < -0.39 is 59.8 Å². The number of halogens is 4. The van der Waals surface area contributed by atoms with Gasteiger partial charge in [0.25, 0.3) is 5.88 Å². The van der Waals surface area contributed by atoms with Gasteiger partial charge in [-0.25, -0.2) is 23.9 Å². The Morgan fingerprint density at radius 1 is 0.597 bits per heavy atom. The fourth-order valence-corrected chi connectivity index (χ4v) is 19.3. The Morgan fingerprint density at radius 3 is 1.41 bits per heavy atom. The van der Waals surface area contributed by atoms with E-state index in [2.05, 4.69) is 76.6 Å². The molecular weight excluding hydrogens is 1750 g/mol. The van der Waals surface area contributed by atoms with E-state index in [1.54, 1.807) is 37.8 Å². The van der Waals surface area contributed by atoms with Crippen LogP contribution in [0.15, 0.2) is 41.9 Å². The number of rotatable bonds is 9. The maximum absolute atomic E-state index is 12.7. The first-order chi connectivity index (χ1) is 57.8. The Hall–Kier alpha value is -3.51. The number of allylic oxidation sites excluding steroid dienone is 4. The summed E-state index contributed by atoms with van der Waals surface area (Å²) in [5.74, 6) is 1.88. The predicted molar refractivity (Wildman–Crippen MR) is 451 cm³/mol. The monoisotopic (exact) mass is 1860 g/mol. The van der Waals surface area contributed by atoms with E-state index in [9.17, 15) is 40.8 Å². The molecule has 664 valence electrons. The molecular formula is C82H115BClF3K3N16O16PS. The molecule has 0 radical (unpaired) electrons. The number of carbonyl (C=O) groups is 4. The van der Waals surface area contributed by atoms with Gasteiger partial charge in [0.2, 0.25) is 0 Å². The Morgan fingerprint density at radius 2 is 1.01 bits per heavy atom. The fraction of sp³-hybridized carbons (Fsp3) is 0.646. The zero-order chi connectivity index (χ0) is 88.1. The van der Waals surface area contributed by atoms with Gasteiger partial charge in [-0.05, 0) is 210 Å². The summed E-state index contributed by atoms with van der Waals surface area (Å²) in [4.78, 5) is 64.9. The van der Waals surface area contributed by atoms with Crippen molar-refractivity contribution in [1.82, 2.24) is 75.9 Å². The number of aromatic nitrogens is 10. The van der Waals surface area contributed by atoms with Crippen LogP contribution < -0.4 is 76.4 Å². The second-order valence-corrected chi connectivity index (χ2v) is 39.0. The first-order valence-corrected chi connectivity index (χ1v) is 61.6. The SMILES string of the molecule is C.C1CC2CC2(c2n[nH]c3c2CNCC3)C1.CC(C)(C)OC(=O)N1CCc2[nH]nc(C34CCCC3C4)c2C1.CC(C)(C)OC(=O)N1CCc2[nH]nc(C3=CCCC3)c2C1.CC(C)(C)OC(=O)N1CCc2[nH]nc(OS(=O)(=O)C(F)(F)F)c2C1.O=C(Nc1cccc(Cl)c1)N1CCc2[nH]nc(C34CCCC3C4)c2C1.O=[P+]([O-])O[O-].OB(O)C1=CCCC1.[K+].[K][K]. The number of hydrogen-bond acceptors (Lipinski definition) is 22. The van der Waals surface area contributed by atoms with E-state index in [1.807, 2.05) is 69.6 Å². The molecule has 5 amide bonds. The number of aromatic amines is 5. The van der Waals surface area contributed by atoms with E-state index in [-0.39, 0.29) is 102 Å². The molecule has 0 spiro atoms. The summed E-state index contributed by atoms with van der Waals surface area (Å²) in [7, 11) is -10.2. The maximum atomic E-state index is 12.7. The first kappa shape index (κ1) is 103. The molecule has 5 aromatic heterocycles. The molecule has 124 heavy (non-hydrogen) atoms. The molecule has 19 rings (SSSR count). The van der Waals surface area contributed by atoms with Gasteiger partial charge in [0, 0.05) is 149 Å². The normalized spacial score (nSPS) is 23.2. The minimum absolute atomic E-state index is 0. The van der Waals surface area contributed by atoms with Crippen LogP contribution >= 0.6 is 19.9 Å². The van der Waals surface area contributed by atoms with Gasteiger partial charge in [-0.1, -0.05) is 56.5 Å². The summed E-state index contributed by atoms with van der Waals surface area (Å²) < 4.78 is 91.0. The zero-order valence-electron chi connectivity index (χ0n) is 72.6. The summed E-state index contributed by atoms with van der Waals surface area (Å²) in [5.41, 5.74) is 12.4. The van der Waals surface area contributed by atoms with Gasteiger partial charge in [-0.2, -0.15) is 42.0 Å². The number of urea groups is 1. The van der Waals surface area contributed by atoms with Crippen molar-refractivity contribution in [2.24, 2.45) is 17.8 Å². The molecule has 6 saturated carbocycles. The molecule has 7 atom stereocenters. The van der Waals surface area contributed by atoms with Crippen molar-refractivity contribution in [3.8, 4) is 5.88 Å². The standard InChI is InChI=1S/C19H21ClN4O.C17H25N3O2.C16H23N3O2.C12H16F3N3O5S.C12H17N3.C5H9BO2.CH4.3K.HO4P/c20-13-4-1-5-14(9-13)21-18(25)24-8-6-16-15(11-24)17(23-22-16)19-7-2-3-12(19)10-19;1-16(2,3)22-15(21)20-8-6-13-12(10-20)14(19-18-13)17-7-4-5-11(17)9-17;1-16(2,3)21-15(20)19-9-8-13-12(10-19)14(18-17-13)11-6-4-5-7-11;1-11(2,3)22-10(19)18-5-4-8-7(6-18)9(17-16-8)23-24(20,21)12(13,14)15;1-2-8-6-12(8,4-1)11-9-7-13-5-3-10(9)14-15-11;7-6(8)5-3-1-2-4-5;;;;;1-4-5(2)3/h1,4-5,9,12H,2-3,6-8,10-11H2,(H,21,25)(H,22,23);11H,4-10H2,1-3H3,(H,18,19);6H,4-5,7-10H2,1-3H3,(H,17,18);4-6H2,1-3H3,(H,16,17);8,13H,1-7H2,(H,14,15);3,7-8H,1-2,4H2;1H4;;;;1H/q;;;;;;;;;+1;/p-1. The number of nitrogens with one attached hydrogen (secondary N) is 7. The molecule has 0 saturated heterocycles. The molecule has 7 unspecified atom stereocenters. The van der Waals surface area contributed by atoms with Crippen molar-refractivity contribution in [1.29, 1.82) is 0 Å². The van der Waals surface area contributed by atoms with Gasteiger partial charge in [0.15, 0.2) is 0 Å². The van der Waals surface area contributed by atoms with Crippen molar-refractivity contribution < 1.29 is 140 Å². The molecule has 10 heterocycles. The minimum atomic E-state index is -5.84. The van der Waals surface area contributed by atoms with Crippen molar-refractivity contribution in [3.05, 3.63) is 126 Å². The van der Waals surface area contributed by atoms with Crippen LogP contribution in [0, 0.1) is 17.8 Å².